The highest BCUT2D eigenvalue weighted by Gasteiger charge is 2.46. The summed E-state index contributed by atoms with van der Waals surface area (Å²) >= 11 is 0. The zero-order valence-corrected chi connectivity index (χ0v) is 13.1. The van der Waals surface area contributed by atoms with Gasteiger partial charge in [-0.05, 0) is 30.9 Å². The Kier molecular flexibility index (Phi) is 3.91. The smallest absolute Gasteiger partial charge is 0.225 e. The Bertz CT molecular complexity index is 628. The van der Waals surface area contributed by atoms with E-state index in [4.69, 9.17) is 4.74 Å². The lowest BCUT2D eigenvalue weighted by Crippen LogP contribution is -2.45. The van der Waals surface area contributed by atoms with Crippen LogP contribution in [0.2, 0.25) is 0 Å². The highest BCUT2D eigenvalue weighted by molar-refractivity contribution is 5.29. The largest absolute Gasteiger partial charge is 0.377 e. The van der Waals surface area contributed by atoms with Gasteiger partial charge >= 0.3 is 0 Å². The van der Waals surface area contributed by atoms with E-state index in [1.807, 2.05) is 30.9 Å². The van der Waals surface area contributed by atoms with E-state index >= 15 is 0 Å². The monoisotopic (exact) mass is 311 g/mol. The molecule has 2 aliphatic rings. The average Bonchev–Trinajstić information content (AvgIpc) is 2.99. The SMILES string of the molecule is c1cnc(N2CCC3(CCOC3Cc3cncnc3)CC2)nc1. The minimum atomic E-state index is 0.271. The third kappa shape index (κ3) is 2.91. The van der Waals surface area contributed by atoms with E-state index < -0.39 is 0 Å². The van der Waals surface area contributed by atoms with Crippen molar-refractivity contribution in [3.63, 3.8) is 0 Å². The van der Waals surface area contributed by atoms with Crippen LogP contribution in [0.5, 0.6) is 0 Å². The van der Waals surface area contributed by atoms with Crippen LogP contribution in [0.3, 0.4) is 0 Å². The van der Waals surface area contributed by atoms with Crippen molar-refractivity contribution in [1.29, 1.82) is 0 Å². The second kappa shape index (κ2) is 6.20. The highest BCUT2D eigenvalue weighted by Crippen LogP contribution is 2.45. The first-order chi connectivity index (χ1) is 11.4. The van der Waals surface area contributed by atoms with Crippen LogP contribution in [0.4, 0.5) is 5.95 Å². The molecule has 0 bridgehead atoms. The molecule has 6 nitrogen and oxygen atoms in total. The zero-order valence-electron chi connectivity index (χ0n) is 13.1. The minimum Gasteiger partial charge on any atom is -0.377 e. The number of hydrogen-bond acceptors (Lipinski definition) is 6. The van der Waals surface area contributed by atoms with Gasteiger partial charge in [0.2, 0.25) is 5.95 Å². The molecule has 0 aliphatic carbocycles. The molecule has 2 fully saturated rings. The number of piperidine rings is 1. The second-order valence-electron chi connectivity index (χ2n) is 6.46. The average molecular weight is 311 g/mol. The maximum Gasteiger partial charge on any atom is 0.225 e. The van der Waals surface area contributed by atoms with E-state index in [0.717, 1.165) is 56.9 Å². The normalized spacial score (nSPS) is 23.3. The Hall–Kier alpha value is -2.08. The van der Waals surface area contributed by atoms with Gasteiger partial charge in [0.1, 0.15) is 6.33 Å². The first-order valence-corrected chi connectivity index (χ1v) is 8.23. The molecule has 1 atom stereocenters. The standard InChI is InChI=1S/C17H21N5O/c1-5-20-16(21-6-1)22-7-2-17(3-8-22)4-9-23-15(17)10-14-11-18-13-19-12-14/h1,5-6,11-13,15H,2-4,7-10H2. The van der Waals surface area contributed by atoms with E-state index in [1.54, 1.807) is 6.33 Å². The number of aromatic nitrogens is 4. The summed E-state index contributed by atoms with van der Waals surface area (Å²) in [6, 6.07) is 1.86. The topological polar surface area (TPSA) is 64.0 Å². The molecule has 6 heteroatoms. The van der Waals surface area contributed by atoms with Gasteiger partial charge in [-0.15, -0.1) is 0 Å². The summed E-state index contributed by atoms with van der Waals surface area (Å²) in [5, 5.41) is 0. The van der Waals surface area contributed by atoms with Gasteiger partial charge in [0.25, 0.3) is 0 Å². The van der Waals surface area contributed by atoms with Crippen molar-refractivity contribution in [3.05, 3.63) is 42.7 Å². The quantitative estimate of drug-likeness (QED) is 0.862. The Labute approximate surface area is 136 Å². The van der Waals surface area contributed by atoms with Gasteiger partial charge in [-0.25, -0.2) is 19.9 Å². The number of hydrogen-bond donors (Lipinski definition) is 0. The van der Waals surface area contributed by atoms with Crippen molar-refractivity contribution in [1.82, 2.24) is 19.9 Å². The molecule has 1 unspecified atom stereocenters. The van der Waals surface area contributed by atoms with Crippen molar-refractivity contribution in [2.75, 3.05) is 24.6 Å². The number of nitrogens with zero attached hydrogens (tertiary/aromatic N) is 5. The van der Waals surface area contributed by atoms with Gasteiger partial charge in [-0.3, -0.25) is 0 Å². The summed E-state index contributed by atoms with van der Waals surface area (Å²) < 4.78 is 6.09. The molecular formula is C17H21N5O. The Morgan fingerprint density at radius 2 is 1.83 bits per heavy atom. The molecule has 120 valence electrons. The van der Waals surface area contributed by atoms with Crippen molar-refractivity contribution >= 4 is 5.95 Å². The van der Waals surface area contributed by atoms with Crippen LogP contribution in [-0.2, 0) is 11.2 Å². The third-order valence-corrected chi connectivity index (χ3v) is 5.23. The fraction of sp³-hybridized carbons (Fsp3) is 0.529. The maximum absolute atomic E-state index is 6.09. The highest BCUT2D eigenvalue weighted by atomic mass is 16.5. The summed E-state index contributed by atoms with van der Waals surface area (Å²) in [5.74, 6) is 0.842. The first-order valence-electron chi connectivity index (χ1n) is 8.23. The van der Waals surface area contributed by atoms with E-state index in [2.05, 4.69) is 24.8 Å². The van der Waals surface area contributed by atoms with Gasteiger partial charge in [0, 0.05) is 56.3 Å². The number of rotatable bonds is 3. The fourth-order valence-electron chi connectivity index (χ4n) is 3.85. The molecule has 2 aliphatic heterocycles. The van der Waals surface area contributed by atoms with Gasteiger partial charge in [-0.1, -0.05) is 0 Å². The van der Waals surface area contributed by atoms with Crippen molar-refractivity contribution in [3.8, 4) is 0 Å². The number of anilines is 1. The molecule has 0 aromatic carbocycles. The molecule has 2 saturated heterocycles. The predicted octanol–water partition coefficient (Wildman–Crippen LogP) is 1.88. The summed E-state index contributed by atoms with van der Waals surface area (Å²) in [7, 11) is 0. The van der Waals surface area contributed by atoms with Crippen LogP contribution in [0.15, 0.2) is 37.2 Å². The molecular weight excluding hydrogens is 290 g/mol. The minimum absolute atomic E-state index is 0.271. The molecule has 4 rings (SSSR count). The number of ether oxygens (including phenoxy) is 1. The lowest BCUT2D eigenvalue weighted by molar-refractivity contribution is 0.0355. The van der Waals surface area contributed by atoms with E-state index in [9.17, 15) is 0 Å². The molecule has 23 heavy (non-hydrogen) atoms. The van der Waals surface area contributed by atoms with Crippen LogP contribution >= 0.6 is 0 Å². The lowest BCUT2D eigenvalue weighted by Gasteiger charge is -2.42. The van der Waals surface area contributed by atoms with E-state index in [1.165, 1.54) is 0 Å². The summed E-state index contributed by atoms with van der Waals surface area (Å²) in [5.41, 5.74) is 1.44. The Morgan fingerprint density at radius 3 is 2.57 bits per heavy atom. The van der Waals surface area contributed by atoms with Gasteiger partial charge in [0.05, 0.1) is 6.10 Å². The zero-order chi connectivity index (χ0) is 15.5. The third-order valence-electron chi connectivity index (χ3n) is 5.23. The van der Waals surface area contributed by atoms with Gasteiger partial charge in [-0.2, -0.15) is 0 Å². The molecule has 2 aromatic rings. The first kappa shape index (κ1) is 14.5. The van der Waals surface area contributed by atoms with Crippen molar-refractivity contribution in [2.45, 2.75) is 31.8 Å². The van der Waals surface area contributed by atoms with Crippen molar-refractivity contribution < 1.29 is 4.74 Å². The molecule has 0 saturated carbocycles. The molecule has 1 spiro atoms. The fourth-order valence-corrected chi connectivity index (χ4v) is 3.85. The summed E-state index contributed by atoms with van der Waals surface area (Å²) in [6.45, 7) is 2.85. The molecule has 2 aromatic heterocycles. The predicted molar refractivity (Wildman–Crippen MR) is 86.0 cm³/mol. The molecule has 0 radical (unpaired) electrons. The lowest BCUT2D eigenvalue weighted by atomic mass is 9.71. The summed E-state index contributed by atoms with van der Waals surface area (Å²) in [4.78, 5) is 19.3. The molecule has 0 amide bonds. The summed E-state index contributed by atoms with van der Waals surface area (Å²) in [6.07, 6.45) is 13.6. The van der Waals surface area contributed by atoms with E-state index in [0.29, 0.717) is 0 Å². The van der Waals surface area contributed by atoms with Crippen LogP contribution in [-0.4, -0.2) is 45.7 Å². The Morgan fingerprint density at radius 1 is 1.09 bits per heavy atom. The molecule has 0 N–H and O–H groups in total. The van der Waals surface area contributed by atoms with Crippen molar-refractivity contribution in [2.24, 2.45) is 5.41 Å². The van der Waals surface area contributed by atoms with Crippen LogP contribution in [0.25, 0.3) is 0 Å². The van der Waals surface area contributed by atoms with Gasteiger partial charge in [0.15, 0.2) is 0 Å². The Balaban J connectivity index is 1.44. The van der Waals surface area contributed by atoms with Crippen LogP contribution in [0, 0.1) is 5.41 Å². The second-order valence-corrected chi connectivity index (χ2v) is 6.46. The molecule has 4 heterocycles. The van der Waals surface area contributed by atoms with Gasteiger partial charge < -0.3 is 9.64 Å². The maximum atomic E-state index is 6.09. The van der Waals surface area contributed by atoms with E-state index in [-0.39, 0.29) is 11.5 Å². The van der Waals surface area contributed by atoms with Crippen LogP contribution in [0.1, 0.15) is 24.8 Å². The van der Waals surface area contributed by atoms with Crippen LogP contribution < -0.4 is 4.90 Å².